The van der Waals surface area contributed by atoms with Gasteiger partial charge in [-0.1, -0.05) is 160 Å². The maximum atomic E-state index is 2.49. The summed E-state index contributed by atoms with van der Waals surface area (Å²) in [6.45, 7) is 12.0. The first-order valence-corrected chi connectivity index (χ1v) is 16.6. The second-order valence-corrected chi connectivity index (χ2v) is 16.8. The molecule has 6 rings (SSSR count). The van der Waals surface area contributed by atoms with E-state index in [-0.39, 0.29) is 5.04 Å². The van der Waals surface area contributed by atoms with Crippen LogP contribution in [-0.2, 0) is 0 Å². The zero-order valence-electron chi connectivity index (χ0n) is 24.8. The van der Waals surface area contributed by atoms with Gasteiger partial charge in [0, 0.05) is 0 Å². The Bertz CT molecular complexity index is 1650. The third-order valence-electron chi connectivity index (χ3n) is 8.79. The van der Waals surface area contributed by atoms with Crippen molar-refractivity contribution < 1.29 is 0 Å². The van der Waals surface area contributed by atoms with E-state index in [9.17, 15) is 0 Å². The van der Waals surface area contributed by atoms with Crippen LogP contribution in [0.15, 0.2) is 140 Å². The molecule has 41 heavy (non-hydrogen) atoms. The lowest BCUT2D eigenvalue weighted by Gasteiger charge is -2.46. The van der Waals surface area contributed by atoms with E-state index in [1.54, 1.807) is 0 Å². The van der Waals surface area contributed by atoms with Gasteiger partial charge in [-0.15, -0.1) is 0 Å². The summed E-state index contributed by atoms with van der Waals surface area (Å²) in [5.74, 6) is 0. The van der Waals surface area contributed by atoms with Crippen LogP contribution in [0.2, 0.25) is 5.04 Å². The Labute approximate surface area is 246 Å². The fourth-order valence-electron chi connectivity index (χ4n) is 7.08. The second kappa shape index (κ2) is 10.6. The van der Waals surface area contributed by atoms with Crippen molar-refractivity contribution >= 4 is 34.8 Å². The van der Waals surface area contributed by atoms with E-state index in [4.69, 9.17) is 0 Å². The van der Waals surface area contributed by atoms with Gasteiger partial charge >= 0.3 is 0 Å². The summed E-state index contributed by atoms with van der Waals surface area (Å²) < 4.78 is 0. The average Bonchev–Trinajstić information content (AvgIpc) is 3.32. The molecule has 5 aromatic carbocycles. The van der Waals surface area contributed by atoms with Crippen LogP contribution in [0.1, 0.15) is 54.2 Å². The summed E-state index contributed by atoms with van der Waals surface area (Å²) in [6.07, 6.45) is 0. The Morgan fingerprint density at radius 1 is 0.415 bits per heavy atom. The molecule has 5 aromatic rings. The van der Waals surface area contributed by atoms with Crippen molar-refractivity contribution in [1.82, 2.24) is 0 Å². The highest BCUT2D eigenvalue weighted by Crippen LogP contribution is 2.62. The lowest BCUT2D eigenvalue weighted by Crippen LogP contribution is -2.56. The third kappa shape index (κ3) is 4.36. The van der Waals surface area contributed by atoms with Crippen molar-refractivity contribution in [2.75, 3.05) is 0 Å². The van der Waals surface area contributed by atoms with Crippen LogP contribution in [-0.4, -0.2) is 8.07 Å². The largest absolute Gasteiger partial charge is 0.156 e. The number of hydrogen-bond acceptors (Lipinski definition) is 0. The SMILES string of the molecule is Cc1ccccc1C1=C(c2ccccc2)C(c2ccccc2)=C(c2ccccc2C)[Si]1(c1ccccc1)C(C)(C)C. The van der Waals surface area contributed by atoms with Crippen LogP contribution < -0.4 is 5.19 Å². The minimum atomic E-state index is -2.75. The lowest BCUT2D eigenvalue weighted by atomic mass is 9.88. The zero-order valence-corrected chi connectivity index (χ0v) is 25.8. The molecule has 0 bridgehead atoms. The molecule has 0 saturated carbocycles. The molecule has 0 aromatic heterocycles. The summed E-state index contributed by atoms with van der Waals surface area (Å²) in [4.78, 5) is 0. The summed E-state index contributed by atoms with van der Waals surface area (Å²) in [7, 11) is -2.75. The molecule has 1 aliphatic rings. The predicted molar refractivity (Wildman–Crippen MR) is 180 cm³/mol. The van der Waals surface area contributed by atoms with Gasteiger partial charge in [0.15, 0.2) is 8.07 Å². The smallest absolute Gasteiger partial charge is 0.0624 e. The Morgan fingerprint density at radius 2 is 0.756 bits per heavy atom. The van der Waals surface area contributed by atoms with Gasteiger partial charge in [0.1, 0.15) is 0 Å². The number of hydrogen-bond donors (Lipinski definition) is 0. The molecule has 0 fully saturated rings. The number of benzene rings is 5. The van der Waals surface area contributed by atoms with Gasteiger partial charge in [-0.3, -0.25) is 0 Å². The molecular formula is C40H38Si. The molecule has 0 saturated heterocycles. The molecule has 0 aliphatic carbocycles. The maximum Gasteiger partial charge on any atom is 0.156 e. The number of allylic oxidation sites excluding steroid dienone is 2. The summed E-state index contributed by atoms with van der Waals surface area (Å²) in [5.41, 5.74) is 10.7. The van der Waals surface area contributed by atoms with Crippen LogP contribution in [0, 0.1) is 13.8 Å². The first-order valence-electron chi connectivity index (χ1n) is 14.6. The topological polar surface area (TPSA) is 0 Å². The van der Waals surface area contributed by atoms with Crippen molar-refractivity contribution in [2.45, 2.75) is 39.7 Å². The highest BCUT2D eigenvalue weighted by atomic mass is 28.3. The molecule has 1 heterocycles. The van der Waals surface area contributed by atoms with Gasteiger partial charge in [0.05, 0.1) is 0 Å². The molecule has 0 nitrogen and oxygen atoms in total. The van der Waals surface area contributed by atoms with E-state index in [1.165, 1.54) is 60.1 Å². The minimum Gasteiger partial charge on any atom is -0.0624 e. The van der Waals surface area contributed by atoms with Gasteiger partial charge < -0.3 is 0 Å². The van der Waals surface area contributed by atoms with Crippen molar-refractivity contribution in [3.63, 3.8) is 0 Å². The first-order chi connectivity index (χ1) is 19.9. The first kappa shape index (κ1) is 27.0. The second-order valence-electron chi connectivity index (χ2n) is 12.2. The van der Waals surface area contributed by atoms with Crippen LogP contribution >= 0.6 is 0 Å². The molecule has 0 radical (unpaired) electrons. The fraction of sp³-hybridized carbons (Fsp3) is 0.150. The van der Waals surface area contributed by atoms with Crippen LogP contribution in [0.25, 0.3) is 21.5 Å². The van der Waals surface area contributed by atoms with Crippen LogP contribution in [0.5, 0.6) is 0 Å². The highest BCUT2D eigenvalue weighted by Gasteiger charge is 2.58. The molecule has 0 spiro atoms. The molecule has 1 aliphatic heterocycles. The van der Waals surface area contributed by atoms with E-state index in [2.05, 4.69) is 174 Å². The Morgan fingerprint density at radius 3 is 1.12 bits per heavy atom. The van der Waals surface area contributed by atoms with E-state index < -0.39 is 8.07 Å². The summed E-state index contributed by atoms with van der Waals surface area (Å²) >= 11 is 0. The Hall–Kier alpha value is -4.20. The molecular weight excluding hydrogens is 509 g/mol. The standard InChI is InChI=1S/C40H38Si/c1-29-19-15-17-27-34(29)38-36(31-21-9-6-10-22-31)37(32-23-11-7-12-24-32)39(35-28-18-16-20-30(35)2)41(38,40(3,4)5)33-25-13-8-14-26-33/h6-28H,1-5H3. The molecule has 0 unspecified atom stereocenters. The van der Waals surface area contributed by atoms with Crippen molar-refractivity contribution in [3.8, 4) is 0 Å². The van der Waals surface area contributed by atoms with Crippen molar-refractivity contribution in [3.05, 3.63) is 173 Å². The molecule has 0 atom stereocenters. The van der Waals surface area contributed by atoms with Gasteiger partial charge in [0.25, 0.3) is 0 Å². The van der Waals surface area contributed by atoms with Gasteiger partial charge in [-0.25, -0.2) is 0 Å². The highest BCUT2D eigenvalue weighted by molar-refractivity contribution is 7.23. The third-order valence-corrected chi connectivity index (χ3v) is 14.8. The van der Waals surface area contributed by atoms with E-state index in [0.29, 0.717) is 0 Å². The monoisotopic (exact) mass is 546 g/mol. The average molecular weight is 547 g/mol. The summed E-state index contributed by atoms with van der Waals surface area (Å²) in [6, 6.07) is 51.8. The minimum absolute atomic E-state index is 0.0415. The maximum absolute atomic E-state index is 2.75. The quantitative estimate of drug-likeness (QED) is 0.192. The zero-order chi connectivity index (χ0) is 28.6. The van der Waals surface area contributed by atoms with Crippen LogP contribution in [0.3, 0.4) is 0 Å². The predicted octanol–water partition coefficient (Wildman–Crippen LogP) is 10.1. The van der Waals surface area contributed by atoms with Crippen molar-refractivity contribution in [1.29, 1.82) is 0 Å². The number of rotatable bonds is 5. The molecule has 202 valence electrons. The Kier molecular flexibility index (Phi) is 7.01. The van der Waals surface area contributed by atoms with E-state index in [1.807, 2.05) is 0 Å². The molecule has 0 amide bonds. The van der Waals surface area contributed by atoms with Gasteiger partial charge in [-0.2, -0.15) is 0 Å². The van der Waals surface area contributed by atoms with Gasteiger partial charge in [-0.05, 0) is 79.0 Å². The normalized spacial score (nSPS) is 15.0. The van der Waals surface area contributed by atoms with Crippen molar-refractivity contribution in [2.24, 2.45) is 0 Å². The van der Waals surface area contributed by atoms with E-state index >= 15 is 0 Å². The Balaban J connectivity index is 1.95. The molecule has 0 N–H and O–H groups in total. The summed E-state index contributed by atoms with van der Waals surface area (Å²) in [5, 5.41) is 4.47. The van der Waals surface area contributed by atoms with Gasteiger partial charge in [0.2, 0.25) is 0 Å². The molecule has 1 heteroatoms. The lowest BCUT2D eigenvalue weighted by molar-refractivity contribution is 0.741. The fourth-order valence-corrected chi connectivity index (χ4v) is 13.6. The number of aryl methyl sites for hydroxylation is 2. The van der Waals surface area contributed by atoms with Crippen LogP contribution in [0.4, 0.5) is 0 Å². The van der Waals surface area contributed by atoms with E-state index in [0.717, 1.165) is 0 Å².